The fraction of sp³-hybridized carbons (Fsp3) is 0.333. The highest BCUT2D eigenvalue weighted by molar-refractivity contribution is 6.38. The zero-order chi connectivity index (χ0) is 26.2. The lowest BCUT2D eigenvalue weighted by Gasteiger charge is -2.26. The number of ether oxygens (including phenoxy) is 1. The number of hydrogen-bond acceptors (Lipinski definition) is 5. The number of alkyl halides is 7. The van der Waals surface area contributed by atoms with Crippen molar-refractivity contribution >= 4 is 52.9 Å². The molecule has 184 valence electrons. The third-order valence-electron chi connectivity index (χ3n) is 4.14. The van der Waals surface area contributed by atoms with Gasteiger partial charge in [0.1, 0.15) is 11.8 Å². The van der Waals surface area contributed by atoms with Gasteiger partial charge in [-0.05, 0) is 12.1 Å². The first-order valence-electron chi connectivity index (χ1n) is 8.65. The van der Waals surface area contributed by atoms with Gasteiger partial charge in [0.25, 0.3) is 4.87 Å². The van der Waals surface area contributed by atoms with E-state index in [1.54, 1.807) is 0 Å². The number of carbonyl (C=O) groups excluding carboxylic acids is 1. The molecule has 1 aromatic heterocycles. The van der Waals surface area contributed by atoms with Crippen molar-refractivity contribution in [3.63, 3.8) is 0 Å². The lowest BCUT2D eigenvalue weighted by Crippen LogP contribution is -2.45. The van der Waals surface area contributed by atoms with Gasteiger partial charge in [-0.3, -0.25) is 0 Å². The molecule has 2 aromatic rings. The van der Waals surface area contributed by atoms with Crippen LogP contribution < -0.4 is 0 Å². The molecule has 0 radical (unpaired) electrons. The lowest BCUT2D eigenvalue weighted by molar-refractivity contribution is -0.189. The monoisotopic (exact) mass is 549 g/mol. The lowest BCUT2D eigenvalue weighted by atomic mass is 9.97. The van der Waals surface area contributed by atoms with Gasteiger partial charge in [-0.15, -0.1) is 0 Å². The number of benzene rings is 1. The minimum atomic E-state index is -5.53. The Balaban J connectivity index is 3.06. The average molecular weight is 551 g/mol. The van der Waals surface area contributed by atoms with Gasteiger partial charge in [-0.1, -0.05) is 34.8 Å². The number of halogens is 9. The summed E-state index contributed by atoms with van der Waals surface area (Å²) < 4.78 is 86.2. The average Bonchev–Trinajstić information content (AvgIpc) is 3.07. The van der Waals surface area contributed by atoms with Gasteiger partial charge < -0.3 is 9.64 Å². The van der Waals surface area contributed by atoms with Crippen LogP contribution in [0.25, 0.3) is 5.69 Å². The molecule has 16 heteroatoms. The van der Waals surface area contributed by atoms with Gasteiger partial charge in [-0.25, -0.2) is 14.5 Å². The molecule has 0 amide bonds. The zero-order valence-electron chi connectivity index (χ0n) is 17.2. The number of nitriles is 1. The SMILES string of the molecule is COC(=O)C(Cl)(c1c(C#N)nn(-c2c(Cl)cc(C(F)(F)F)cc2Cl)c1N=CN(C)C)C(F)(F)F. The van der Waals surface area contributed by atoms with Gasteiger partial charge in [0.05, 0.1) is 34.6 Å². The molecule has 1 heterocycles. The molecule has 0 saturated heterocycles. The van der Waals surface area contributed by atoms with Crippen molar-refractivity contribution in [3.8, 4) is 11.8 Å². The molecule has 34 heavy (non-hydrogen) atoms. The Hall–Kier alpha value is -2.69. The van der Waals surface area contributed by atoms with Crippen LogP contribution in [0, 0.1) is 11.3 Å². The van der Waals surface area contributed by atoms with Crippen LogP contribution in [-0.4, -0.2) is 54.4 Å². The molecule has 0 aliphatic rings. The molecule has 1 atom stereocenters. The Bertz CT molecular complexity index is 1160. The molecule has 1 unspecified atom stereocenters. The van der Waals surface area contributed by atoms with E-state index in [-0.39, 0.29) is 0 Å². The maximum atomic E-state index is 14.1. The van der Waals surface area contributed by atoms with Gasteiger partial charge >= 0.3 is 18.3 Å². The summed E-state index contributed by atoms with van der Waals surface area (Å²) in [5.74, 6) is -2.87. The molecule has 0 saturated carbocycles. The number of nitrogens with zero attached hydrogens (tertiary/aromatic N) is 5. The maximum Gasteiger partial charge on any atom is 0.422 e. The number of aromatic nitrogens is 2. The molecule has 0 spiro atoms. The summed E-state index contributed by atoms with van der Waals surface area (Å²) in [7, 11) is 3.50. The zero-order valence-corrected chi connectivity index (χ0v) is 19.5. The molecule has 2 rings (SSSR count). The predicted molar refractivity (Wildman–Crippen MR) is 111 cm³/mol. The highest BCUT2D eigenvalue weighted by Crippen LogP contribution is 2.51. The van der Waals surface area contributed by atoms with Crippen molar-refractivity contribution in [2.24, 2.45) is 4.99 Å². The van der Waals surface area contributed by atoms with Crippen molar-refractivity contribution in [2.45, 2.75) is 17.2 Å². The van der Waals surface area contributed by atoms with E-state index in [4.69, 9.17) is 34.8 Å². The molecule has 0 N–H and O–H groups in total. The van der Waals surface area contributed by atoms with Crippen LogP contribution in [0.1, 0.15) is 16.8 Å². The Morgan fingerprint density at radius 2 is 1.74 bits per heavy atom. The summed E-state index contributed by atoms with van der Waals surface area (Å²) in [5, 5.41) is 11.8. The normalized spacial score (nSPS) is 14.1. The molecule has 1 aromatic carbocycles. The van der Waals surface area contributed by atoms with Crippen molar-refractivity contribution < 1.29 is 35.9 Å². The molecule has 0 fully saturated rings. The van der Waals surface area contributed by atoms with Gasteiger partial charge in [0.15, 0.2) is 11.5 Å². The predicted octanol–water partition coefficient (Wildman–Crippen LogP) is 5.46. The summed E-state index contributed by atoms with van der Waals surface area (Å²) in [6.45, 7) is 0. The van der Waals surface area contributed by atoms with Crippen molar-refractivity contribution in [1.29, 1.82) is 5.26 Å². The van der Waals surface area contributed by atoms with Crippen LogP contribution in [0.2, 0.25) is 10.0 Å². The van der Waals surface area contributed by atoms with E-state index < -0.39 is 61.6 Å². The minimum Gasteiger partial charge on any atom is -0.467 e. The summed E-state index contributed by atoms with van der Waals surface area (Å²) in [6.07, 6.45) is -9.41. The molecule has 0 aliphatic carbocycles. The smallest absolute Gasteiger partial charge is 0.422 e. The van der Waals surface area contributed by atoms with Crippen LogP contribution in [0.15, 0.2) is 17.1 Å². The van der Waals surface area contributed by atoms with E-state index in [0.717, 1.165) is 6.34 Å². The van der Waals surface area contributed by atoms with Crippen molar-refractivity contribution in [3.05, 3.63) is 39.0 Å². The largest absolute Gasteiger partial charge is 0.467 e. The fourth-order valence-electron chi connectivity index (χ4n) is 2.68. The van der Waals surface area contributed by atoms with Crippen LogP contribution in [0.4, 0.5) is 32.2 Å². The summed E-state index contributed by atoms with van der Waals surface area (Å²) in [5.41, 5.74) is -4.07. The van der Waals surface area contributed by atoms with Gasteiger partial charge in [0.2, 0.25) is 0 Å². The molecule has 0 bridgehead atoms. The van der Waals surface area contributed by atoms with Crippen LogP contribution in [0.5, 0.6) is 0 Å². The first kappa shape index (κ1) is 27.6. The Kier molecular flexibility index (Phi) is 7.71. The Morgan fingerprint density at radius 3 is 2.12 bits per heavy atom. The van der Waals surface area contributed by atoms with Gasteiger partial charge in [0, 0.05) is 14.1 Å². The topological polar surface area (TPSA) is 83.5 Å². The first-order chi connectivity index (χ1) is 15.5. The van der Waals surface area contributed by atoms with Crippen molar-refractivity contribution in [1.82, 2.24) is 14.7 Å². The third kappa shape index (κ3) is 4.89. The van der Waals surface area contributed by atoms with E-state index in [2.05, 4.69) is 14.8 Å². The minimum absolute atomic E-state index is 0.452. The number of aliphatic imine (C=N–C) groups is 1. The Labute approximate surface area is 203 Å². The van der Waals surface area contributed by atoms with Gasteiger partial charge in [-0.2, -0.15) is 36.7 Å². The Morgan fingerprint density at radius 1 is 1.21 bits per heavy atom. The number of esters is 1. The van der Waals surface area contributed by atoms with Crippen molar-refractivity contribution in [2.75, 3.05) is 21.2 Å². The molecule has 0 aliphatic heterocycles. The second-order valence-electron chi connectivity index (χ2n) is 6.71. The molecule has 7 nitrogen and oxygen atoms in total. The highest BCUT2D eigenvalue weighted by Gasteiger charge is 2.65. The first-order valence-corrected chi connectivity index (χ1v) is 9.78. The van der Waals surface area contributed by atoms with E-state index >= 15 is 0 Å². The summed E-state index contributed by atoms with van der Waals surface area (Å²) in [6, 6.07) is 2.27. The standard InChI is InChI=1S/C18H12Cl3F6N5O2/c1-31(2)7-29-14-12(16(21,15(33)34-3)18(25,26)27)11(6-28)30-32(14)13-9(19)4-8(5-10(13)20)17(22,23)24/h4-5,7H,1-3H3. The molecular formula is C18H12Cl3F6N5O2. The quantitative estimate of drug-likeness (QED) is 0.162. The third-order valence-corrected chi connectivity index (χ3v) is 5.27. The van der Waals surface area contributed by atoms with Crippen LogP contribution in [-0.2, 0) is 20.6 Å². The van der Waals surface area contributed by atoms with Crippen LogP contribution >= 0.6 is 34.8 Å². The van der Waals surface area contributed by atoms with E-state index in [0.29, 0.717) is 23.9 Å². The number of rotatable bonds is 5. The summed E-state index contributed by atoms with van der Waals surface area (Å²) in [4.78, 5) is 13.3. The highest BCUT2D eigenvalue weighted by atomic mass is 35.5. The second-order valence-corrected chi connectivity index (χ2v) is 8.09. The number of methoxy groups -OCH3 is 1. The fourth-order valence-corrected chi connectivity index (χ4v) is 3.58. The molecular weight excluding hydrogens is 539 g/mol. The van der Waals surface area contributed by atoms with E-state index in [9.17, 15) is 36.4 Å². The van der Waals surface area contributed by atoms with Crippen LogP contribution in [0.3, 0.4) is 0 Å². The van der Waals surface area contributed by atoms with E-state index in [1.807, 2.05) is 0 Å². The number of hydrogen-bond donors (Lipinski definition) is 0. The van der Waals surface area contributed by atoms with E-state index in [1.165, 1.54) is 25.1 Å². The second kappa shape index (κ2) is 9.52. The maximum absolute atomic E-state index is 14.1. The summed E-state index contributed by atoms with van der Waals surface area (Å²) >= 11 is 17.7. The number of carbonyl (C=O) groups is 1.